The maximum Gasteiger partial charge on any atom is 0.241 e. The molecule has 0 heterocycles. The zero-order valence-corrected chi connectivity index (χ0v) is 14.3. The van der Waals surface area contributed by atoms with Gasteiger partial charge in [0.1, 0.15) is 5.75 Å². The second kappa shape index (κ2) is 7.24. The van der Waals surface area contributed by atoms with E-state index in [1.807, 2.05) is 34.7 Å². The van der Waals surface area contributed by atoms with Crippen LogP contribution in [-0.4, -0.2) is 27.6 Å². The zero-order chi connectivity index (χ0) is 16.1. The highest BCUT2D eigenvalue weighted by Gasteiger charge is 2.22. The van der Waals surface area contributed by atoms with Crippen LogP contribution in [-0.2, 0) is 16.6 Å². The van der Waals surface area contributed by atoms with Gasteiger partial charge in [-0.15, -0.1) is 0 Å². The van der Waals surface area contributed by atoms with Gasteiger partial charge in [0.15, 0.2) is 0 Å². The molecule has 1 aromatic rings. The molecule has 0 aliphatic rings. The predicted molar refractivity (Wildman–Crippen MR) is 85.1 cm³/mol. The summed E-state index contributed by atoms with van der Waals surface area (Å²) in [5, 5.41) is 3.03. The van der Waals surface area contributed by atoms with Crippen molar-refractivity contribution in [2.24, 2.45) is 0 Å². The molecule has 0 bridgehead atoms. The quantitative estimate of drug-likeness (QED) is 0.810. The topological polar surface area (TPSA) is 67.4 Å². The standard InChI is InChI=1S/C15H26N2O3S/c1-6-9-20-14-8-7-13(10-12(14)11-16-5)21(18,19)17-15(2,3)4/h7-8,10,16-17H,6,9,11H2,1-5H3. The van der Waals surface area contributed by atoms with E-state index in [0.717, 1.165) is 17.7 Å². The molecule has 0 saturated heterocycles. The van der Waals surface area contributed by atoms with Gasteiger partial charge in [0, 0.05) is 17.6 Å². The van der Waals surface area contributed by atoms with Crippen LogP contribution >= 0.6 is 0 Å². The fraction of sp³-hybridized carbons (Fsp3) is 0.600. The van der Waals surface area contributed by atoms with E-state index in [4.69, 9.17) is 4.74 Å². The molecular weight excluding hydrogens is 288 g/mol. The third-order valence-electron chi connectivity index (χ3n) is 2.61. The number of hydrogen-bond acceptors (Lipinski definition) is 4. The molecule has 21 heavy (non-hydrogen) atoms. The maximum absolute atomic E-state index is 12.4. The van der Waals surface area contributed by atoms with Crippen molar-refractivity contribution >= 4 is 10.0 Å². The first-order chi connectivity index (χ1) is 9.69. The summed E-state index contributed by atoms with van der Waals surface area (Å²) in [4.78, 5) is 0.256. The molecule has 0 atom stereocenters. The molecule has 1 aromatic carbocycles. The molecule has 1 rings (SSSR count). The molecule has 0 fully saturated rings. The van der Waals surface area contributed by atoms with Gasteiger partial charge < -0.3 is 10.1 Å². The molecule has 0 saturated carbocycles. The van der Waals surface area contributed by atoms with Crippen LogP contribution in [0.3, 0.4) is 0 Å². The van der Waals surface area contributed by atoms with Crippen molar-refractivity contribution in [2.45, 2.75) is 51.1 Å². The summed E-state index contributed by atoms with van der Waals surface area (Å²) < 4.78 is 33.0. The Balaban J connectivity index is 3.12. The van der Waals surface area contributed by atoms with E-state index in [0.29, 0.717) is 13.2 Å². The van der Waals surface area contributed by atoms with Crippen LogP contribution < -0.4 is 14.8 Å². The Morgan fingerprint density at radius 1 is 1.24 bits per heavy atom. The number of hydrogen-bond donors (Lipinski definition) is 2. The largest absolute Gasteiger partial charge is 0.493 e. The van der Waals surface area contributed by atoms with Crippen molar-refractivity contribution in [1.82, 2.24) is 10.0 Å². The average Bonchev–Trinajstić information content (AvgIpc) is 2.34. The van der Waals surface area contributed by atoms with Crippen LogP contribution in [0.1, 0.15) is 39.7 Å². The van der Waals surface area contributed by atoms with Gasteiger partial charge in [-0.2, -0.15) is 0 Å². The lowest BCUT2D eigenvalue weighted by Gasteiger charge is -2.21. The third kappa shape index (κ3) is 5.65. The van der Waals surface area contributed by atoms with Gasteiger partial charge >= 0.3 is 0 Å². The molecule has 2 N–H and O–H groups in total. The van der Waals surface area contributed by atoms with Crippen molar-refractivity contribution < 1.29 is 13.2 Å². The summed E-state index contributed by atoms with van der Waals surface area (Å²) in [5.74, 6) is 0.723. The van der Waals surface area contributed by atoms with Gasteiger partial charge in [-0.1, -0.05) is 6.92 Å². The molecule has 120 valence electrons. The first-order valence-corrected chi connectivity index (χ1v) is 8.62. The Kier molecular flexibility index (Phi) is 6.19. The highest BCUT2D eigenvalue weighted by atomic mass is 32.2. The summed E-state index contributed by atoms with van der Waals surface area (Å²) in [6.45, 7) is 8.65. The number of benzene rings is 1. The predicted octanol–water partition coefficient (Wildman–Crippen LogP) is 2.27. The molecule has 0 aliphatic carbocycles. The van der Waals surface area contributed by atoms with Gasteiger partial charge in [0.25, 0.3) is 0 Å². The second-order valence-corrected chi connectivity index (χ2v) is 7.69. The van der Waals surface area contributed by atoms with E-state index in [1.165, 1.54) is 0 Å². The summed E-state index contributed by atoms with van der Waals surface area (Å²) in [6.07, 6.45) is 0.907. The lowest BCUT2D eigenvalue weighted by Crippen LogP contribution is -2.40. The first-order valence-electron chi connectivity index (χ1n) is 7.14. The van der Waals surface area contributed by atoms with E-state index in [9.17, 15) is 8.42 Å². The summed E-state index contributed by atoms with van der Waals surface area (Å²) in [6, 6.07) is 4.97. The summed E-state index contributed by atoms with van der Waals surface area (Å²) >= 11 is 0. The van der Waals surface area contributed by atoms with Gasteiger partial charge in [-0.05, 0) is 52.4 Å². The van der Waals surface area contributed by atoms with Crippen LogP contribution in [0.5, 0.6) is 5.75 Å². The van der Waals surface area contributed by atoms with E-state index >= 15 is 0 Å². The zero-order valence-electron chi connectivity index (χ0n) is 13.5. The molecule has 6 heteroatoms. The molecule has 5 nitrogen and oxygen atoms in total. The molecule has 0 amide bonds. The van der Waals surface area contributed by atoms with E-state index in [1.54, 1.807) is 18.2 Å². The molecular formula is C15H26N2O3S. The van der Waals surface area contributed by atoms with E-state index in [-0.39, 0.29) is 4.90 Å². The normalized spacial score (nSPS) is 12.4. The minimum atomic E-state index is -3.53. The fourth-order valence-electron chi connectivity index (χ4n) is 1.87. The van der Waals surface area contributed by atoms with Crippen LogP contribution in [0.15, 0.2) is 23.1 Å². The van der Waals surface area contributed by atoms with Gasteiger partial charge in [0.2, 0.25) is 10.0 Å². The fourth-order valence-corrected chi connectivity index (χ4v) is 3.34. The van der Waals surface area contributed by atoms with Crippen molar-refractivity contribution in [3.05, 3.63) is 23.8 Å². The van der Waals surface area contributed by atoms with Crippen molar-refractivity contribution in [2.75, 3.05) is 13.7 Å². The molecule has 0 radical (unpaired) electrons. The summed E-state index contributed by atoms with van der Waals surface area (Å²) in [7, 11) is -1.71. The average molecular weight is 314 g/mol. The SMILES string of the molecule is CCCOc1ccc(S(=O)(=O)NC(C)(C)C)cc1CNC. The smallest absolute Gasteiger partial charge is 0.241 e. The Labute approximate surface area is 128 Å². The summed E-state index contributed by atoms with van der Waals surface area (Å²) in [5.41, 5.74) is 0.321. The monoisotopic (exact) mass is 314 g/mol. The minimum absolute atomic E-state index is 0.256. The van der Waals surface area contributed by atoms with Gasteiger partial charge in [-0.25, -0.2) is 13.1 Å². The Morgan fingerprint density at radius 2 is 1.90 bits per heavy atom. The van der Waals surface area contributed by atoms with Crippen LogP contribution in [0.2, 0.25) is 0 Å². The Hall–Kier alpha value is -1.11. The minimum Gasteiger partial charge on any atom is -0.493 e. The highest BCUT2D eigenvalue weighted by Crippen LogP contribution is 2.23. The highest BCUT2D eigenvalue weighted by molar-refractivity contribution is 7.89. The van der Waals surface area contributed by atoms with Crippen molar-refractivity contribution in [3.63, 3.8) is 0 Å². The van der Waals surface area contributed by atoms with Crippen molar-refractivity contribution in [3.8, 4) is 5.75 Å². The molecule has 0 spiro atoms. The lowest BCUT2D eigenvalue weighted by molar-refractivity contribution is 0.313. The molecule has 0 aliphatic heterocycles. The van der Waals surface area contributed by atoms with E-state index < -0.39 is 15.6 Å². The lowest BCUT2D eigenvalue weighted by atomic mass is 10.1. The molecule has 0 unspecified atom stereocenters. The molecule has 0 aromatic heterocycles. The Morgan fingerprint density at radius 3 is 2.43 bits per heavy atom. The number of sulfonamides is 1. The van der Waals surface area contributed by atoms with Crippen LogP contribution in [0, 0.1) is 0 Å². The number of ether oxygens (including phenoxy) is 1. The van der Waals surface area contributed by atoms with Crippen LogP contribution in [0.25, 0.3) is 0 Å². The van der Waals surface area contributed by atoms with E-state index in [2.05, 4.69) is 10.0 Å². The van der Waals surface area contributed by atoms with Crippen LogP contribution in [0.4, 0.5) is 0 Å². The van der Waals surface area contributed by atoms with Gasteiger partial charge in [-0.3, -0.25) is 0 Å². The number of nitrogens with one attached hydrogen (secondary N) is 2. The first kappa shape index (κ1) is 17.9. The van der Waals surface area contributed by atoms with Gasteiger partial charge in [0.05, 0.1) is 11.5 Å². The Bertz CT molecular complexity index is 563. The van der Waals surface area contributed by atoms with Crippen molar-refractivity contribution in [1.29, 1.82) is 0 Å². The number of rotatable bonds is 7. The maximum atomic E-state index is 12.4. The third-order valence-corrected chi connectivity index (χ3v) is 4.37. The second-order valence-electron chi connectivity index (χ2n) is 6.00.